The summed E-state index contributed by atoms with van der Waals surface area (Å²) in [6.45, 7) is 1.86. The van der Waals surface area contributed by atoms with Crippen molar-refractivity contribution in [3.05, 3.63) is 23.8 Å². The maximum atomic E-state index is 11.8. The lowest BCUT2D eigenvalue weighted by Crippen LogP contribution is -2.27. The summed E-state index contributed by atoms with van der Waals surface area (Å²) in [6, 6.07) is 6.19. The Balaban J connectivity index is 1.90. The molecule has 20 heavy (non-hydrogen) atoms. The van der Waals surface area contributed by atoms with Gasteiger partial charge in [-0.05, 0) is 38.1 Å². The summed E-state index contributed by atoms with van der Waals surface area (Å²) in [6.07, 6.45) is 2.64. The van der Waals surface area contributed by atoms with Crippen molar-refractivity contribution in [1.29, 1.82) is 0 Å². The molecular weight excluding hydrogens is 252 g/mol. The molecule has 0 unspecified atom stereocenters. The molecule has 3 N–H and O–H groups in total. The third-order valence-electron chi connectivity index (χ3n) is 3.65. The fraction of sp³-hybridized carbons (Fsp3) is 0.533. The molecular formula is C15H24N4O. The van der Waals surface area contributed by atoms with Gasteiger partial charge in [0.1, 0.15) is 0 Å². The van der Waals surface area contributed by atoms with E-state index in [2.05, 4.69) is 17.3 Å². The van der Waals surface area contributed by atoms with Crippen LogP contribution in [-0.4, -0.2) is 56.0 Å². The van der Waals surface area contributed by atoms with E-state index >= 15 is 0 Å². The summed E-state index contributed by atoms with van der Waals surface area (Å²) in [5, 5.41) is 3.33. The molecule has 0 atom stereocenters. The van der Waals surface area contributed by atoms with E-state index in [1.807, 2.05) is 12.1 Å². The van der Waals surface area contributed by atoms with E-state index in [1.54, 1.807) is 25.1 Å². The average molecular weight is 276 g/mol. The van der Waals surface area contributed by atoms with Crippen LogP contribution in [0.3, 0.4) is 0 Å². The standard InChI is InChI=1S/C15H24N4O/c1-18(2)15(20)11-4-7-14(13(16)10-11)17-8-9-19(3)12-5-6-12/h4,7,10,12,17H,5-6,8-9,16H2,1-3H3. The Bertz CT molecular complexity index is 483. The zero-order chi connectivity index (χ0) is 14.7. The van der Waals surface area contributed by atoms with E-state index in [4.69, 9.17) is 5.73 Å². The van der Waals surface area contributed by atoms with Gasteiger partial charge < -0.3 is 20.9 Å². The van der Waals surface area contributed by atoms with E-state index in [-0.39, 0.29) is 5.91 Å². The summed E-state index contributed by atoms with van der Waals surface area (Å²) < 4.78 is 0. The largest absolute Gasteiger partial charge is 0.397 e. The van der Waals surface area contributed by atoms with Gasteiger partial charge in [0, 0.05) is 38.8 Å². The van der Waals surface area contributed by atoms with Crippen molar-refractivity contribution in [2.24, 2.45) is 0 Å². The molecule has 0 aromatic heterocycles. The molecule has 0 aliphatic heterocycles. The van der Waals surface area contributed by atoms with Crippen LogP contribution in [0, 0.1) is 0 Å². The van der Waals surface area contributed by atoms with E-state index in [9.17, 15) is 4.79 Å². The average Bonchev–Trinajstić information content (AvgIpc) is 3.23. The van der Waals surface area contributed by atoms with E-state index in [0.29, 0.717) is 11.3 Å². The smallest absolute Gasteiger partial charge is 0.253 e. The number of nitrogens with one attached hydrogen (secondary N) is 1. The van der Waals surface area contributed by atoms with Gasteiger partial charge in [-0.25, -0.2) is 0 Å². The van der Waals surface area contributed by atoms with Crippen LogP contribution in [-0.2, 0) is 0 Å². The van der Waals surface area contributed by atoms with Crippen LogP contribution in [0.1, 0.15) is 23.2 Å². The van der Waals surface area contributed by atoms with Gasteiger partial charge in [0.15, 0.2) is 0 Å². The molecule has 1 aromatic rings. The molecule has 1 amide bonds. The predicted molar refractivity (Wildman–Crippen MR) is 83.0 cm³/mol. The third-order valence-corrected chi connectivity index (χ3v) is 3.65. The highest BCUT2D eigenvalue weighted by molar-refractivity contribution is 5.95. The molecule has 0 saturated heterocycles. The van der Waals surface area contributed by atoms with Crippen LogP contribution in [0.15, 0.2) is 18.2 Å². The number of carbonyl (C=O) groups is 1. The number of rotatable bonds is 6. The summed E-state index contributed by atoms with van der Waals surface area (Å²) in [5.74, 6) is -0.0308. The van der Waals surface area contributed by atoms with Crippen LogP contribution >= 0.6 is 0 Å². The van der Waals surface area contributed by atoms with Crippen molar-refractivity contribution in [2.45, 2.75) is 18.9 Å². The number of hydrogen-bond acceptors (Lipinski definition) is 4. The van der Waals surface area contributed by atoms with Crippen LogP contribution in [0.25, 0.3) is 0 Å². The minimum absolute atomic E-state index is 0.0308. The Morgan fingerprint density at radius 3 is 2.60 bits per heavy atom. The van der Waals surface area contributed by atoms with Crippen LogP contribution in [0.2, 0.25) is 0 Å². The zero-order valence-electron chi connectivity index (χ0n) is 12.5. The Morgan fingerprint density at radius 1 is 1.35 bits per heavy atom. The second-order valence-electron chi connectivity index (χ2n) is 5.64. The number of amides is 1. The molecule has 0 spiro atoms. The van der Waals surface area contributed by atoms with Gasteiger partial charge in [0.25, 0.3) is 5.91 Å². The van der Waals surface area contributed by atoms with Gasteiger partial charge >= 0.3 is 0 Å². The number of carbonyl (C=O) groups excluding carboxylic acids is 1. The highest BCUT2D eigenvalue weighted by atomic mass is 16.2. The van der Waals surface area contributed by atoms with E-state index in [0.717, 1.165) is 24.8 Å². The van der Waals surface area contributed by atoms with Gasteiger partial charge in [0.05, 0.1) is 11.4 Å². The van der Waals surface area contributed by atoms with Crippen molar-refractivity contribution in [3.63, 3.8) is 0 Å². The summed E-state index contributed by atoms with van der Waals surface area (Å²) in [4.78, 5) is 15.8. The lowest BCUT2D eigenvalue weighted by Gasteiger charge is -2.17. The monoisotopic (exact) mass is 276 g/mol. The molecule has 1 aliphatic carbocycles. The first kappa shape index (κ1) is 14.7. The van der Waals surface area contributed by atoms with Crippen LogP contribution in [0.5, 0.6) is 0 Å². The molecule has 110 valence electrons. The number of benzene rings is 1. The van der Waals surface area contributed by atoms with Gasteiger partial charge in [-0.15, -0.1) is 0 Å². The van der Waals surface area contributed by atoms with Crippen molar-refractivity contribution in [3.8, 4) is 0 Å². The number of nitrogens with zero attached hydrogens (tertiary/aromatic N) is 2. The Labute approximate surface area is 120 Å². The zero-order valence-corrected chi connectivity index (χ0v) is 12.5. The Morgan fingerprint density at radius 2 is 2.05 bits per heavy atom. The molecule has 0 heterocycles. The normalized spacial score (nSPS) is 14.4. The Kier molecular flexibility index (Phi) is 4.49. The summed E-state index contributed by atoms with van der Waals surface area (Å²) in [7, 11) is 5.62. The van der Waals surface area contributed by atoms with Gasteiger partial charge in [0.2, 0.25) is 0 Å². The maximum absolute atomic E-state index is 11.8. The van der Waals surface area contributed by atoms with Crippen molar-refractivity contribution in [1.82, 2.24) is 9.80 Å². The fourth-order valence-corrected chi connectivity index (χ4v) is 2.18. The van der Waals surface area contributed by atoms with Crippen LogP contribution in [0.4, 0.5) is 11.4 Å². The van der Waals surface area contributed by atoms with Crippen molar-refractivity contribution in [2.75, 3.05) is 45.3 Å². The molecule has 1 saturated carbocycles. The van der Waals surface area contributed by atoms with Crippen molar-refractivity contribution < 1.29 is 4.79 Å². The quantitative estimate of drug-likeness (QED) is 0.773. The third kappa shape index (κ3) is 3.63. The number of anilines is 2. The lowest BCUT2D eigenvalue weighted by atomic mass is 10.1. The SMILES string of the molecule is CN(C)C(=O)c1ccc(NCCN(C)C2CC2)c(N)c1. The molecule has 1 aromatic carbocycles. The fourth-order valence-electron chi connectivity index (χ4n) is 2.18. The topological polar surface area (TPSA) is 61.6 Å². The second kappa shape index (κ2) is 6.13. The number of likely N-dealkylation sites (N-methyl/N-ethyl adjacent to an activating group) is 1. The maximum Gasteiger partial charge on any atom is 0.253 e. The number of hydrogen-bond donors (Lipinski definition) is 2. The molecule has 0 radical (unpaired) electrons. The highest BCUT2D eigenvalue weighted by Crippen LogP contribution is 2.25. The molecule has 5 nitrogen and oxygen atoms in total. The van der Waals surface area contributed by atoms with Crippen molar-refractivity contribution >= 4 is 17.3 Å². The molecule has 0 bridgehead atoms. The van der Waals surface area contributed by atoms with E-state index in [1.165, 1.54) is 12.8 Å². The molecule has 1 fully saturated rings. The highest BCUT2D eigenvalue weighted by Gasteiger charge is 2.25. The number of nitrogen functional groups attached to an aromatic ring is 1. The lowest BCUT2D eigenvalue weighted by molar-refractivity contribution is 0.0827. The second-order valence-corrected chi connectivity index (χ2v) is 5.64. The first-order chi connectivity index (χ1) is 9.49. The summed E-state index contributed by atoms with van der Waals surface area (Å²) >= 11 is 0. The van der Waals surface area contributed by atoms with Gasteiger partial charge in [-0.3, -0.25) is 4.79 Å². The van der Waals surface area contributed by atoms with Crippen LogP contribution < -0.4 is 11.1 Å². The molecule has 5 heteroatoms. The Hall–Kier alpha value is -1.75. The van der Waals surface area contributed by atoms with Gasteiger partial charge in [-0.1, -0.05) is 0 Å². The predicted octanol–water partition coefficient (Wildman–Crippen LogP) is 1.48. The summed E-state index contributed by atoms with van der Waals surface area (Å²) in [5.41, 5.74) is 8.13. The first-order valence-corrected chi connectivity index (χ1v) is 7.04. The van der Waals surface area contributed by atoms with Gasteiger partial charge in [-0.2, -0.15) is 0 Å². The first-order valence-electron chi connectivity index (χ1n) is 7.04. The molecule has 1 aliphatic rings. The molecule has 2 rings (SSSR count). The minimum atomic E-state index is -0.0308. The minimum Gasteiger partial charge on any atom is -0.397 e. The van der Waals surface area contributed by atoms with E-state index < -0.39 is 0 Å². The number of nitrogens with two attached hydrogens (primary N) is 1.